The fraction of sp³-hybridized carbons (Fsp3) is 0.714. The van der Waals surface area contributed by atoms with Gasteiger partial charge in [-0.15, -0.1) is 0 Å². The normalized spacial score (nSPS) is 23.4. The molecule has 1 rings (SSSR count). The van der Waals surface area contributed by atoms with Gasteiger partial charge in [0.25, 0.3) is 0 Å². The average Bonchev–Trinajstić information content (AvgIpc) is 2.82. The molecule has 0 aliphatic carbocycles. The van der Waals surface area contributed by atoms with Gasteiger partial charge in [0.05, 0.1) is 6.61 Å². The third kappa shape index (κ3) is 1.19. The SMILES string of the molecule is CC(=O)C(O)(CO)C1(C(C)=O)OO1. The lowest BCUT2D eigenvalue weighted by atomic mass is 9.88. The molecule has 0 saturated carbocycles. The van der Waals surface area contributed by atoms with Gasteiger partial charge in [-0.05, 0) is 6.92 Å². The lowest BCUT2D eigenvalue weighted by Gasteiger charge is -2.23. The number of aliphatic hydroxyl groups is 2. The monoisotopic (exact) mass is 190 g/mol. The van der Waals surface area contributed by atoms with E-state index < -0.39 is 29.6 Å². The Morgan fingerprint density at radius 2 is 1.85 bits per heavy atom. The number of ketones is 2. The highest BCUT2D eigenvalue weighted by molar-refractivity contribution is 5.97. The Morgan fingerprint density at radius 3 is 1.92 bits per heavy atom. The van der Waals surface area contributed by atoms with Gasteiger partial charge in [-0.1, -0.05) is 0 Å². The molecule has 0 bridgehead atoms. The maximum atomic E-state index is 11.0. The molecule has 74 valence electrons. The van der Waals surface area contributed by atoms with Crippen LogP contribution >= 0.6 is 0 Å². The Hall–Kier alpha value is -0.820. The molecule has 0 aromatic rings. The van der Waals surface area contributed by atoms with Crippen molar-refractivity contribution in [2.45, 2.75) is 25.2 Å². The van der Waals surface area contributed by atoms with Crippen LogP contribution in [-0.2, 0) is 19.4 Å². The minimum absolute atomic E-state index is 0.667. The number of rotatable bonds is 4. The van der Waals surface area contributed by atoms with E-state index >= 15 is 0 Å². The van der Waals surface area contributed by atoms with E-state index in [-0.39, 0.29) is 0 Å². The van der Waals surface area contributed by atoms with Crippen LogP contribution < -0.4 is 0 Å². The zero-order chi connectivity index (χ0) is 10.3. The van der Waals surface area contributed by atoms with E-state index in [1.54, 1.807) is 0 Å². The van der Waals surface area contributed by atoms with E-state index in [0.717, 1.165) is 13.8 Å². The van der Waals surface area contributed by atoms with E-state index in [9.17, 15) is 14.7 Å². The predicted octanol–water partition coefficient (Wildman–Crippen LogP) is -1.45. The van der Waals surface area contributed by atoms with Gasteiger partial charge in [0.2, 0.25) is 5.60 Å². The molecule has 1 atom stereocenters. The minimum Gasteiger partial charge on any atom is -0.393 e. The average molecular weight is 190 g/mol. The van der Waals surface area contributed by atoms with Gasteiger partial charge in [0.15, 0.2) is 11.6 Å². The first kappa shape index (κ1) is 10.3. The number of carbonyl (C=O) groups excluding carboxylic acids is 2. The summed E-state index contributed by atoms with van der Waals surface area (Å²) in [5.74, 6) is -3.46. The van der Waals surface area contributed by atoms with Crippen LogP contribution in [0.25, 0.3) is 0 Å². The highest BCUT2D eigenvalue weighted by Gasteiger charge is 2.71. The van der Waals surface area contributed by atoms with Gasteiger partial charge in [-0.3, -0.25) is 9.59 Å². The number of Topliss-reactive ketones (excluding diaryl/α,β-unsaturated/α-hetero) is 2. The molecule has 1 unspecified atom stereocenters. The Bertz CT molecular complexity index is 256. The zero-order valence-corrected chi connectivity index (χ0v) is 7.23. The predicted molar refractivity (Wildman–Crippen MR) is 38.3 cm³/mol. The first-order valence-electron chi connectivity index (χ1n) is 3.63. The third-order valence-electron chi connectivity index (χ3n) is 2.07. The van der Waals surface area contributed by atoms with Gasteiger partial charge in [0, 0.05) is 6.92 Å². The van der Waals surface area contributed by atoms with E-state index in [1.165, 1.54) is 0 Å². The minimum atomic E-state index is -2.31. The Morgan fingerprint density at radius 1 is 1.38 bits per heavy atom. The Labute approximate surface area is 74.0 Å². The van der Waals surface area contributed by atoms with Gasteiger partial charge >= 0.3 is 5.79 Å². The number of carbonyl (C=O) groups is 2. The zero-order valence-electron chi connectivity index (χ0n) is 7.23. The fourth-order valence-electron chi connectivity index (χ4n) is 1.04. The first-order valence-corrected chi connectivity index (χ1v) is 3.63. The second-order valence-corrected chi connectivity index (χ2v) is 2.91. The molecule has 0 spiro atoms. The lowest BCUT2D eigenvalue weighted by Crippen LogP contribution is -2.57. The van der Waals surface area contributed by atoms with Crippen molar-refractivity contribution in [3.05, 3.63) is 0 Å². The summed E-state index contributed by atoms with van der Waals surface area (Å²) < 4.78 is 0. The van der Waals surface area contributed by atoms with Crippen molar-refractivity contribution >= 4 is 11.6 Å². The lowest BCUT2D eigenvalue weighted by molar-refractivity contribution is -0.158. The highest BCUT2D eigenvalue weighted by Crippen LogP contribution is 2.41. The van der Waals surface area contributed by atoms with Crippen molar-refractivity contribution < 1.29 is 29.6 Å². The van der Waals surface area contributed by atoms with E-state index in [1.807, 2.05) is 0 Å². The summed E-state index contributed by atoms with van der Waals surface area (Å²) in [6.07, 6.45) is 0. The molecule has 13 heavy (non-hydrogen) atoms. The molecule has 1 aliphatic heterocycles. The molecule has 0 amide bonds. The molecule has 1 fully saturated rings. The summed E-state index contributed by atoms with van der Waals surface area (Å²) in [7, 11) is 0. The van der Waals surface area contributed by atoms with E-state index in [4.69, 9.17) is 5.11 Å². The van der Waals surface area contributed by atoms with Crippen LogP contribution in [0.1, 0.15) is 13.8 Å². The van der Waals surface area contributed by atoms with Crippen LogP contribution in [0, 0.1) is 0 Å². The van der Waals surface area contributed by atoms with Crippen molar-refractivity contribution in [3.8, 4) is 0 Å². The smallest absolute Gasteiger partial charge is 0.328 e. The molecular formula is C7H10O6. The second-order valence-electron chi connectivity index (χ2n) is 2.91. The van der Waals surface area contributed by atoms with Crippen LogP contribution in [0.3, 0.4) is 0 Å². The molecule has 2 N–H and O–H groups in total. The number of hydrogen-bond donors (Lipinski definition) is 2. The summed E-state index contributed by atoms with van der Waals surface area (Å²) >= 11 is 0. The Balaban J connectivity index is 3.02. The number of aliphatic hydroxyl groups excluding tert-OH is 1. The Kier molecular flexibility index (Phi) is 2.25. The second kappa shape index (κ2) is 2.85. The van der Waals surface area contributed by atoms with Crippen molar-refractivity contribution in [2.24, 2.45) is 0 Å². The molecule has 6 heteroatoms. The van der Waals surface area contributed by atoms with Crippen LogP contribution in [-0.4, -0.2) is 39.8 Å². The van der Waals surface area contributed by atoms with Gasteiger partial charge < -0.3 is 10.2 Å². The van der Waals surface area contributed by atoms with Crippen molar-refractivity contribution in [1.82, 2.24) is 0 Å². The van der Waals surface area contributed by atoms with Crippen LogP contribution in [0.5, 0.6) is 0 Å². The van der Waals surface area contributed by atoms with Crippen LogP contribution in [0.15, 0.2) is 0 Å². The molecule has 0 aromatic heterocycles. The maximum absolute atomic E-state index is 11.0. The van der Waals surface area contributed by atoms with E-state index in [2.05, 4.69) is 9.78 Å². The van der Waals surface area contributed by atoms with E-state index in [0.29, 0.717) is 0 Å². The topological polar surface area (TPSA) is 99.7 Å². The number of hydrogen-bond acceptors (Lipinski definition) is 6. The maximum Gasteiger partial charge on any atom is 0.328 e. The third-order valence-corrected chi connectivity index (χ3v) is 2.07. The highest BCUT2D eigenvalue weighted by atomic mass is 17.4. The summed E-state index contributed by atoms with van der Waals surface area (Å²) in [5.41, 5.74) is -2.31. The van der Waals surface area contributed by atoms with Crippen molar-refractivity contribution in [3.63, 3.8) is 0 Å². The molecule has 0 aromatic carbocycles. The molecular weight excluding hydrogens is 180 g/mol. The molecule has 0 radical (unpaired) electrons. The summed E-state index contributed by atoms with van der Waals surface area (Å²) in [6.45, 7) is 1.20. The molecule has 1 aliphatic rings. The van der Waals surface area contributed by atoms with Crippen LogP contribution in [0.4, 0.5) is 0 Å². The summed E-state index contributed by atoms with van der Waals surface area (Å²) in [6, 6.07) is 0. The first-order chi connectivity index (χ1) is 5.90. The fourth-order valence-corrected chi connectivity index (χ4v) is 1.04. The largest absolute Gasteiger partial charge is 0.393 e. The van der Waals surface area contributed by atoms with Crippen LogP contribution in [0.2, 0.25) is 0 Å². The van der Waals surface area contributed by atoms with Crippen molar-refractivity contribution in [2.75, 3.05) is 6.61 Å². The molecule has 6 nitrogen and oxygen atoms in total. The van der Waals surface area contributed by atoms with Crippen molar-refractivity contribution in [1.29, 1.82) is 0 Å². The quantitative estimate of drug-likeness (QED) is 0.415. The van der Waals surface area contributed by atoms with Gasteiger partial charge in [-0.25, -0.2) is 0 Å². The van der Waals surface area contributed by atoms with Gasteiger partial charge in [0.1, 0.15) is 0 Å². The molecule has 1 saturated heterocycles. The summed E-state index contributed by atoms with van der Waals surface area (Å²) in [4.78, 5) is 30.5. The summed E-state index contributed by atoms with van der Waals surface area (Å²) in [5, 5.41) is 18.4. The molecule has 1 heterocycles. The standard InChI is InChI=1S/C7H10O6/c1-4(9)6(11,3-8)7(5(2)10)12-13-7/h8,11H,3H2,1-2H3. The van der Waals surface area contributed by atoms with Gasteiger partial charge in [-0.2, -0.15) is 9.78 Å².